The number of hydrogen-bond acceptors (Lipinski definition) is 3. The first-order valence-corrected chi connectivity index (χ1v) is 12.6. The number of amides is 1. The number of nitrogens with zero attached hydrogens (tertiary/aromatic N) is 1. The molecule has 0 unspecified atom stereocenters. The summed E-state index contributed by atoms with van der Waals surface area (Å²) < 4.78 is 6.42. The number of rotatable bonds is 4. The molecule has 1 N–H and O–H groups in total. The minimum Gasteiger partial charge on any atom is -0.491 e. The van der Waals surface area contributed by atoms with Crippen molar-refractivity contribution < 1.29 is 9.53 Å². The fourth-order valence-electron chi connectivity index (χ4n) is 5.33. The summed E-state index contributed by atoms with van der Waals surface area (Å²) in [5.74, 6) is 1.65. The predicted octanol–water partition coefficient (Wildman–Crippen LogP) is 6.21. The summed E-state index contributed by atoms with van der Waals surface area (Å²) in [5.41, 5.74) is 4.59. The molecule has 1 atom stereocenters. The molecule has 34 heavy (non-hydrogen) atoms. The van der Waals surface area contributed by atoms with Gasteiger partial charge in [0, 0.05) is 30.8 Å². The molecular formula is C30H34N2O2. The Labute approximate surface area is 202 Å². The normalized spacial score (nSPS) is 18.7. The second-order valence-corrected chi connectivity index (χ2v) is 9.65. The number of anilines is 1. The molecule has 0 aromatic heterocycles. The van der Waals surface area contributed by atoms with Gasteiger partial charge in [0.15, 0.2) is 0 Å². The first-order chi connectivity index (χ1) is 16.8. The molecule has 1 fully saturated rings. The SMILES string of the molecule is O=C(CC1CCCC1)N1Cc2ccccc2NCc2ccccc2OC[C@@H]1Cc1ccccc1. The van der Waals surface area contributed by atoms with E-state index in [-0.39, 0.29) is 11.9 Å². The van der Waals surface area contributed by atoms with Crippen molar-refractivity contribution in [3.63, 3.8) is 0 Å². The lowest BCUT2D eigenvalue weighted by Crippen LogP contribution is -2.45. The van der Waals surface area contributed by atoms with Gasteiger partial charge in [-0.15, -0.1) is 0 Å². The van der Waals surface area contributed by atoms with E-state index < -0.39 is 0 Å². The van der Waals surface area contributed by atoms with E-state index in [0.717, 1.165) is 29.0 Å². The molecule has 4 heteroatoms. The number of nitrogens with one attached hydrogen (secondary N) is 1. The van der Waals surface area contributed by atoms with Gasteiger partial charge >= 0.3 is 0 Å². The highest BCUT2D eigenvalue weighted by Crippen LogP contribution is 2.30. The molecule has 3 aromatic rings. The number of carbonyl (C=O) groups excluding carboxylic acids is 1. The maximum Gasteiger partial charge on any atom is 0.223 e. The third kappa shape index (κ3) is 5.44. The Bertz CT molecular complexity index is 1090. The van der Waals surface area contributed by atoms with Crippen LogP contribution in [0.15, 0.2) is 78.9 Å². The van der Waals surface area contributed by atoms with Crippen LogP contribution in [0.2, 0.25) is 0 Å². The molecule has 1 aliphatic carbocycles. The van der Waals surface area contributed by atoms with E-state index in [1.807, 2.05) is 24.3 Å². The fraction of sp³-hybridized carbons (Fsp3) is 0.367. The number of para-hydroxylation sites is 2. The van der Waals surface area contributed by atoms with Gasteiger partial charge in [-0.2, -0.15) is 0 Å². The fourth-order valence-corrected chi connectivity index (χ4v) is 5.33. The minimum atomic E-state index is -0.0458. The van der Waals surface area contributed by atoms with Gasteiger partial charge in [-0.1, -0.05) is 79.6 Å². The van der Waals surface area contributed by atoms with Crippen LogP contribution in [0.4, 0.5) is 5.69 Å². The van der Waals surface area contributed by atoms with Crippen molar-refractivity contribution in [2.75, 3.05) is 11.9 Å². The molecule has 2 aliphatic rings. The minimum absolute atomic E-state index is 0.0458. The Hall–Kier alpha value is -3.27. The van der Waals surface area contributed by atoms with Gasteiger partial charge in [-0.25, -0.2) is 0 Å². The monoisotopic (exact) mass is 454 g/mol. The van der Waals surface area contributed by atoms with Crippen LogP contribution < -0.4 is 10.1 Å². The number of benzene rings is 3. The zero-order valence-corrected chi connectivity index (χ0v) is 19.8. The maximum absolute atomic E-state index is 13.8. The maximum atomic E-state index is 13.8. The quantitative estimate of drug-likeness (QED) is 0.509. The average molecular weight is 455 g/mol. The standard InChI is InChI=1S/C30H34N2O2/c33-30(19-24-12-4-5-13-24)32-21-26-15-6-8-16-28(26)31-20-25-14-7-9-17-29(25)34-22-27(32)18-23-10-2-1-3-11-23/h1-3,6-11,14-17,24,27,31H,4-5,12-13,18-22H2/t27-/m0/s1. The third-order valence-electron chi connectivity index (χ3n) is 7.24. The summed E-state index contributed by atoms with van der Waals surface area (Å²) >= 11 is 0. The van der Waals surface area contributed by atoms with E-state index in [1.54, 1.807) is 0 Å². The van der Waals surface area contributed by atoms with Crippen molar-refractivity contribution in [3.8, 4) is 5.75 Å². The molecule has 0 bridgehead atoms. The smallest absolute Gasteiger partial charge is 0.223 e. The highest BCUT2D eigenvalue weighted by atomic mass is 16.5. The topological polar surface area (TPSA) is 41.6 Å². The van der Waals surface area contributed by atoms with Crippen LogP contribution in [-0.2, 0) is 24.3 Å². The zero-order valence-electron chi connectivity index (χ0n) is 19.8. The van der Waals surface area contributed by atoms with Crippen LogP contribution in [0.5, 0.6) is 5.75 Å². The summed E-state index contributed by atoms with van der Waals surface area (Å²) in [7, 11) is 0. The van der Waals surface area contributed by atoms with Gasteiger partial charge in [0.2, 0.25) is 5.91 Å². The van der Waals surface area contributed by atoms with E-state index in [2.05, 4.69) is 64.8 Å². The Morgan fingerprint density at radius 1 is 0.882 bits per heavy atom. The average Bonchev–Trinajstić information content (AvgIpc) is 3.37. The van der Waals surface area contributed by atoms with Crippen molar-refractivity contribution in [1.82, 2.24) is 4.90 Å². The molecular weight excluding hydrogens is 420 g/mol. The predicted molar refractivity (Wildman–Crippen MR) is 137 cm³/mol. The lowest BCUT2D eigenvalue weighted by molar-refractivity contribution is -0.136. The molecule has 176 valence electrons. The van der Waals surface area contributed by atoms with E-state index in [9.17, 15) is 4.79 Å². The summed E-state index contributed by atoms with van der Waals surface area (Å²) in [4.78, 5) is 15.9. The molecule has 0 radical (unpaired) electrons. The Morgan fingerprint density at radius 3 is 2.41 bits per heavy atom. The molecule has 1 heterocycles. The lowest BCUT2D eigenvalue weighted by atomic mass is 9.99. The van der Waals surface area contributed by atoms with E-state index in [0.29, 0.717) is 32.0 Å². The molecule has 1 saturated carbocycles. The highest BCUT2D eigenvalue weighted by Gasteiger charge is 2.29. The largest absolute Gasteiger partial charge is 0.491 e. The summed E-state index contributed by atoms with van der Waals surface area (Å²) in [6, 6.07) is 27.0. The molecule has 1 aliphatic heterocycles. The summed E-state index contributed by atoms with van der Waals surface area (Å²) in [5, 5.41) is 3.60. The van der Waals surface area contributed by atoms with Crippen molar-refractivity contribution in [2.45, 2.75) is 57.7 Å². The Kier molecular flexibility index (Phi) is 7.13. The second kappa shape index (κ2) is 10.8. The van der Waals surface area contributed by atoms with Crippen LogP contribution in [0.25, 0.3) is 0 Å². The van der Waals surface area contributed by atoms with Gasteiger partial charge in [0.25, 0.3) is 0 Å². The summed E-state index contributed by atoms with van der Waals surface area (Å²) in [6.07, 6.45) is 6.25. The number of carbonyl (C=O) groups is 1. The first-order valence-electron chi connectivity index (χ1n) is 12.6. The molecule has 1 amide bonds. The van der Waals surface area contributed by atoms with Crippen LogP contribution >= 0.6 is 0 Å². The molecule has 4 nitrogen and oxygen atoms in total. The third-order valence-corrected chi connectivity index (χ3v) is 7.24. The molecule has 5 rings (SSSR count). The molecule has 3 aromatic carbocycles. The lowest BCUT2D eigenvalue weighted by Gasteiger charge is -2.33. The first kappa shape index (κ1) is 22.5. The number of hydrogen-bond donors (Lipinski definition) is 1. The van der Waals surface area contributed by atoms with Crippen LogP contribution in [0.1, 0.15) is 48.8 Å². The van der Waals surface area contributed by atoms with Crippen LogP contribution in [0.3, 0.4) is 0 Å². The van der Waals surface area contributed by atoms with Crippen molar-refractivity contribution in [3.05, 3.63) is 95.6 Å². The van der Waals surface area contributed by atoms with Crippen molar-refractivity contribution in [1.29, 1.82) is 0 Å². The van der Waals surface area contributed by atoms with E-state index >= 15 is 0 Å². The van der Waals surface area contributed by atoms with Gasteiger partial charge in [0.1, 0.15) is 12.4 Å². The summed E-state index contributed by atoms with van der Waals surface area (Å²) in [6.45, 7) is 1.75. The number of ether oxygens (including phenoxy) is 1. The van der Waals surface area contributed by atoms with Crippen molar-refractivity contribution in [2.24, 2.45) is 5.92 Å². The Morgan fingerprint density at radius 2 is 1.59 bits per heavy atom. The van der Waals surface area contributed by atoms with Crippen LogP contribution in [0, 0.1) is 5.92 Å². The number of fused-ring (bicyclic) bond motifs is 2. The van der Waals surface area contributed by atoms with Gasteiger partial charge in [0.05, 0.1) is 6.04 Å². The Balaban J connectivity index is 1.51. The van der Waals surface area contributed by atoms with Gasteiger partial charge in [-0.05, 0) is 48.4 Å². The zero-order chi connectivity index (χ0) is 23.2. The second-order valence-electron chi connectivity index (χ2n) is 9.65. The van der Waals surface area contributed by atoms with E-state index in [4.69, 9.17) is 4.74 Å². The highest BCUT2D eigenvalue weighted by molar-refractivity contribution is 5.77. The van der Waals surface area contributed by atoms with Gasteiger partial charge < -0.3 is 15.0 Å². The van der Waals surface area contributed by atoms with Gasteiger partial charge in [-0.3, -0.25) is 4.79 Å². The molecule has 0 saturated heterocycles. The molecule has 0 spiro atoms. The van der Waals surface area contributed by atoms with Crippen molar-refractivity contribution >= 4 is 11.6 Å². The van der Waals surface area contributed by atoms with E-state index in [1.165, 1.54) is 31.2 Å². The van der Waals surface area contributed by atoms with Crippen LogP contribution in [-0.4, -0.2) is 23.5 Å².